The lowest BCUT2D eigenvalue weighted by Crippen LogP contribution is -2.45. The second-order valence-corrected chi connectivity index (χ2v) is 6.67. The first-order valence-corrected chi connectivity index (χ1v) is 6.97. The van der Waals surface area contributed by atoms with E-state index in [2.05, 4.69) is 26.1 Å². The van der Waals surface area contributed by atoms with E-state index in [0.29, 0.717) is 6.61 Å². The lowest BCUT2D eigenvalue weighted by molar-refractivity contribution is 0.143. The minimum Gasteiger partial charge on any atom is -0.381 e. The van der Waals surface area contributed by atoms with Crippen LogP contribution in [0.2, 0.25) is 0 Å². The maximum Gasteiger partial charge on any atom is 0.126 e. The van der Waals surface area contributed by atoms with Crippen molar-refractivity contribution in [2.24, 2.45) is 5.41 Å². The second-order valence-electron chi connectivity index (χ2n) is 6.67. The number of benzene rings is 1. The molecule has 1 atom stereocenters. The van der Waals surface area contributed by atoms with E-state index in [0.717, 1.165) is 31.6 Å². The number of hydrogen-bond acceptors (Lipinski definition) is 2. The predicted octanol–water partition coefficient (Wildman–Crippen LogP) is 3.16. The summed E-state index contributed by atoms with van der Waals surface area (Å²) in [6, 6.07) is 7.06. The van der Waals surface area contributed by atoms with Gasteiger partial charge in [0.2, 0.25) is 0 Å². The molecule has 0 spiro atoms. The van der Waals surface area contributed by atoms with Crippen LogP contribution >= 0.6 is 0 Å². The van der Waals surface area contributed by atoms with Crippen LogP contribution in [0.25, 0.3) is 0 Å². The molecule has 1 fully saturated rings. The Labute approximate surface area is 115 Å². The average molecular weight is 265 g/mol. The highest BCUT2D eigenvalue weighted by Crippen LogP contribution is 2.33. The van der Waals surface area contributed by atoms with Gasteiger partial charge in [-0.15, -0.1) is 0 Å². The molecule has 1 aliphatic rings. The Kier molecular flexibility index (Phi) is 4.26. The number of ether oxygens (including phenoxy) is 1. The molecule has 0 bridgehead atoms. The minimum absolute atomic E-state index is 0.0233. The fraction of sp³-hybridized carbons (Fsp3) is 0.625. The molecule has 2 nitrogen and oxygen atoms in total. The topological polar surface area (TPSA) is 21.3 Å². The van der Waals surface area contributed by atoms with E-state index in [1.165, 1.54) is 6.07 Å². The first kappa shape index (κ1) is 14.5. The van der Waals surface area contributed by atoms with Crippen molar-refractivity contribution in [3.63, 3.8) is 0 Å². The summed E-state index contributed by atoms with van der Waals surface area (Å²) in [5.74, 6) is -0.107. The molecular weight excluding hydrogens is 241 g/mol. The molecule has 1 aliphatic heterocycles. The van der Waals surface area contributed by atoms with E-state index in [4.69, 9.17) is 4.74 Å². The molecule has 2 rings (SSSR count). The highest BCUT2D eigenvalue weighted by molar-refractivity contribution is 5.19. The Morgan fingerprint density at radius 1 is 1.32 bits per heavy atom. The van der Waals surface area contributed by atoms with Gasteiger partial charge in [0.05, 0.1) is 6.61 Å². The molecule has 1 unspecified atom stereocenters. The summed E-state index contributed by atoms with van der Waals surface area (Å²) in [5.41, 5.74) is 0.893. The normalized spacial score (nSPS) is 23.8. The van der Waals surface area contributed by atoms with Crippen molar-refractivity contribution in [2.75, 3.05) is 19.8 Å². The molecule has 1 aromatic carbocycles. The Hall–Kier alpha value is -0.930. The van der Waals surface area contributed by atoms with Gasteiger partial charge in [0.15, 0.2) is 0 Å². The van der Waals surface area contributed by atoms with Gasteiger partial charge >= 0.3 is 0 Å². The molecule has 1 heterocycles. The highest BCUT2D eigenvalue weighted by Gasteiger charge is 2.36. The van der Waals surface area contributed by atoms with Crippen molar-refractivity contribution in [3.05, 3.63) is 35.6 Å². The van der Waals surface area contributed by atoms with Crippen molar-refractivity contribution in [1.82, 2.24) is 5.32 Å². The maximum absolute atomic E-state index is 13.8. The average Bonchev–Trinajstić information content (AvgIpc) is 2.78. The van der Waals surface area contributed by atoms with Crippen molar-refractivity contribution in [3.8, 4) is 0 Å². The SMILES string of the molecule is CC(C)(C)NCC1(Cc2ccccc2F)CCOC1. The van der Waals surface area contributed by atoms with Gasteiger partial charge in [-0.3, -0.25) is 0 Å². The third kappa shape index (κ3) is 4.02. The van der Waals surface area contributed by atoms with Crippen LogP contribution in [-0.2, 0) is 11.2 Å². The van der Waals surface area contributed by atoms with Gasteiger partial charge < -0.3 is 10.1 Å². The maximum atomic E-state index is 13.8. The van der Waals surface area contributed by atoms with Crippen LogP contribution in [0.5, 0.6) is 0 Å². The van der Waals surface area contributed by atoms with Crippen molar-refractivity contribution in [1.29, 1.82) is 0 Å². The summed E-state index contributed by atoms with van der Waals surface area (Å²) in [7, 11) is 0. The third-order valence-electron chi connectivity index (χ3n) is 3.70. The largest absolute Gasteiger partial charge is 0.381 e. The lowest BCUT2D eigenvalue weighted by Gasteiger charge is -2.32. The van der Waals surface area contributed by atoms with E-state index in [-0.39, 0.29) is 16.8 Å². The molecule has 1 saturated heterocycles. The number of rotatable bonds is 4. The Morgan fingerprint density at radius 2 is 2.05 bits per heavy atom. The summed E-state index contributed by atoms with van der Waals surface area (Å²) in [4.78, 5) is 0. The van der Waals surface area contributed by atoms with Crippen LogP contribution in [0.3, 0.4) is 0 Å². The Morgan fingerprint density at radius 3 is 2.63 bits per heavy atom. The van der Waals surface area contributed by atoms with Crippen LogP contribution in [0.15, 0.2) is 24.3 Å². The van der Waals surface area contributed by atoms with E-state index in [1.807, 2.05) is 12.1 Å². The van der Waals surface area contributed by atoms with Gasteiger partial charge in [0.1, 0.15) is 5.82 Å². The molecule has 0 aromatic heterocycles. The molecule has 0 amide bonds. The lowest BCUT2D eigenvalue weighted by atomic mass is 9.80. The first-order valence-electron chi connectivity index (χ1n) is 6.97. The van der Waals surface area contributed by atoms with Gasteiger partial charge in [0, 0.05) is 24.1 Å². The summed E-state index contributed by atoms with van der Waals surface area (Å²) >= 11 is 0. The standard InChI is InChI=1S/C16H24FNO/c1-15(2,3)18-11-16(8-9-19-12-16)10-13-6-4-5-7-14(13)17/h4-7,18H,8-12H2,1-3H3. The number of nitrogens with one attached hydrogen (secondary N) is 1. The number of halogens is 1. The summed E-state index contributed by atoms with van der Waals surface area (Å²) in [6.45, 7) is 8.81. The zero-order valence-corrected chi connectivity index (χ0v) is 12.1. The zero-order chi connectivity index (χ0) is 13.9. The minimum atomic E-state index is -0.107. The predicted molar refractivity (Wildman–Crippen MR) is 75.7 cm³/mol. The van der Waals surface area contributed by atoms with Crippen LogP contribution in [0.1, 0.15) is 32.8 Å². The van der Waals surface area contributed by atoms with Gasteiger partial charge in [0.25, 0.3) is 0 Å². The summed E-state index contributed by atoms with van der Waals surface area (Å²) in [5, 5.41) is 3.54. The Balaban J connectivity index is 2.10. The van der Waals surface area contributed by atoms with Crippen LogP contribution in [-0.4, -0.2) is 25.3 Å². The molecule has 3 heteroatoms. The van der Waals surface area contributed by atoms with Gasteiger partial charge in [-0.05, 0) is 45.2 Å². The Bertz CT molecular complexity index is 419. The van der Waals surface area contributed by atoms with E-state index >= 15 is 0 Å². The monoisotopic (exact) mass is 265 g/mol. The molecular formula is C16H24FNO. The molecule has 0 saturated carbocycles. The molecule has 19 heavy (non-hydrogen) atoms. The van der Waals surface area contributed by atoms with Crippen LogP contribution in [0, 0.1) is 11.2 Å². The molecule has 106 valence electrons. The fourth-order valence-corrected chi connectivity index (χ4v) is 2.49. The van der Waals surface area contributed by atoms with Gasteiger partial charge in [-0.2, -0.15) is 0 Å². The van der Waals surface area contributed by atoms with Crippen molar-refractivity contribution >= 4 is 0 Å². The summed E-state index contributed by atoms with van der Waals surface area (Å²) in [6.07, 6.45) is 1.73. The van der Waals surface area contributed by atoms with Crippen molar-refractivity contribution < 1.29 is 9.13 Å². The quantitative estimate of drug-likeness (QED) is 0.903. The highest BCUT2D eigenvalue weighted by atomic mass is 19.1. The van der Waals surface area contributed by atoms with Crippen LogP contribution < -0.4 is 5.32 Å². The smallest absolute Gasteiger partial charge is 0.126 e. The van der Waals surface area contributed by atoms with Crippen molar-refractivity contribution in [2.45, 2.75) is 39.2 Å². The van der Waals surface area contributed by atoms with Crippen LogP contribution in [0.4, 0.5) is 4.39 Å². The molecule has 1 N–H and O–H groups in total. The molecule has 0 aliphatic carbocycles. The molecule has 1 aromatic rings. The second kappa shape index (κ2) is 5.59. The zero-order valence-electron chi connectivity index (χ0n) is 12.1. The van der Waals surface area contributed by atoms with E-state index in [1.54, 1.807) is 6.07 Å². The van der Waals surface area contributed by atoms with Gasteiger partial charge in [-0.1, -0.05) is 18.2 Å². The summed E-state index contributed by atoms with van der Waals surface area (Å²) < 4.78 is 19.4. The van der Waals surface area contributed by atoms with Gasteiger partial charge in [-0.25, -0.2) is 4.39 Å². The van der Waals surface area contributed by atoms with E-state index in [9.17, 15) is 4.39 Å². The first-order chi connectivity index (χ1) is 8.90. The third-order valence-corrected chi connectivity index (χ3v) is 3.70. The fourth-order valence-electron chi connectivity index (χ4n) is 2.49. The molecule has 0 radical (unpaired) electrons. The van der Waals surface area contributed by atoms with E-state index < -0.39 is 0 Å². The number of hydrogen-bond donors (Lipinski definition) is 1.